The summed E-state index contributed by atoms with van der Waals surface area (Å²) in [5.74, 6) is 0.569. The molecule has 0 aliphatic heterocycles. The van der Waals surface area contributed by atoms with E-state index in [0.717, 1.165) is 103 Å². The second kappa shape index (κ2) is 27.9. The van der Waals surface area contributed by atoms with Crippen LogP contribution < -0.4 is 0 Å². The molecule has 2 aromatic heterocycles. The summed E-state index contributed by atoms with van der Waals surface area (Å²) in [7, 11) is 0. The van der Waals surface area contributed by atoms with Gasteiger partial charge in [-0.15, -0.1) is 52.5 Å². The molecule has 0 unspecified atom stereocenters. The van der Waals surface area contributed by atoms with Crippen LogP contribution in [-0.4, -0.2) is 32.6 Å². The number of benzene rings is 10. The van der Waals surface area contributed by atoms with Gasteiger partial charge >= 0.3 is 0 Å². The summed E-state index contributed by atoms with van der Waals surface area (Å²) in [6, 6.07) is 73.6. The first kappa shape index (κ1) is 71.4. The molecule has 0 amide bonds. The number of rotatable bonds is 10. The van der Waals surface area contributed by atoms with Crippen molar-refractivity contribution in [2.45, 2.75) is 157 Å². The minimum atomic E-state index is -0.213. The van der Waals surface area contributed by atoms with E-state index in [1.165, 1.54) is 38.9 Å². The first-order valence-electron chi connectivity index (χ1n) is 33.4. The van der Waals surface area contributed by atoms with Crippen molar-refractivity contribution < 1.29 is 31.3 Å². The summed E-state index contributed by atoms with van der Waals surface area (Å²) >= 11 is 3.40. The average molecular weight is 1500 g/mol. The van der Waals surface area contributed by atoms with Crippen molar-refractivity contribution in [3.05, 3.63) is 251 Å². The Morgan fingerprint density at radius 1 is 0.351 bits per heavy atom. The van der Waals surface area contributed by atoms with Crippen molar-refractivity contribution in [2.24, 2.45) is 9.98 Å². The number of aromatic hydroxyl groups is 2. The molecule has 97 heavy (non-hydrogen) atoms. The van der Waals surface area contributed by atoms with Gasteiger partial charge in [0.1, 0.15) is 21.5 Å². The third-order valence-electron chi connectivity index (χ3n) is 17.8. The number of hydrogen-bond acceptors (Lipinski definition) is 8. The van der Waals surface area contributed by atoms with Crippen molar-refractivity contribution >= 4 is 66.9 Å². The topological polar surface area (TPSA) is 91.0 Å². The third-order valence-corrected chi connectivity index (χ3v) is 19.9. The standard InChI is InChI=1S/C44H46N2OS.C44H45N2OS.Pt/c2*1-42(2,3)32-23-31(40(47)36(25-32)44(7,8)9)27-45-37-18-14-13-17-34(37)41-46-39-35(24-33(43(4,5)6)26-38(39)48-41)30-21-19-29(20-22-30)28-15-11-10-12-16-28;/h10-27,47H,1-9H3;10-21,23-27,47H,1-9H3;/q;-1;. The molecule has 0 saturated heterocycles. The van der Waals surface area contributed by atoms with Gasteiger partial charge in [-0.05, 0) is 126 Å². The maximum Gasteiger partial charge on any atom is 0.128 e. The second-order valence-corrected chi connectivity index (χ2v) is 33.6. The Morgan fingerprint density at radius 3 is 1.10 bits per heavy atom. The number of aliphatic imine (C=N–C) groups is 2. The van der Waals surface area contributed by atoms with E-state index in [9.17, 15) is 10.2 Å². The molecule has 9 heteroatoms. The molecule has 0 saturated carbocycles. The molecule has 12 aromatic rings. The molecule has 0 spiro atoms. The molecule has 2 heterocycles. The molecular formula is C88H91N4O2PtS2-. The van der Waals surface area contributed by atoms with Gasteiger partial charge < -0.3 is 10.2 Å². The zero-order valence-corrected chi connectivity index (χ0v) is 63.4. The van der Waals surface area contributed by atoms with E-state index < -0.39 is 0 Å². The fourth-order valence-electron chi connectivity index (χ4n) is 11.8. The smallest absolute Gasteiger partial charge is 0.128 e. The van der Waals surface area contributed by atoms with E-state index in [-0.39, 0.29) is 65.1 Å². The van der Waals surface area contributed by atoms with Crippen LogP contribution in [0.4, 0.5) is 11.4 Å². The molecular weight excluding hydrogens is 1400 g/mol. The monoisotopic (exact) mass is 1490 g/mol. The van der Waals surface area contributed by atoms with Crippen LogP contribution in [0.25, 0.3) is 86.1 Å². The zero-order valence-electron chi connectivity index (χ0n) is 59.5. The van der Waals surface area contributed by atoms with E-state index in [1.807, 2.05) is 54.7 Å². The second-order valence-electron chi connectivity index (χ2n) is 31.6. The Hall–Kier alpha value is -8.39. The quantitative estimate of drug-likeness (QED) is 0.105. The van der Waals surface area contributed by atoms with Gasteiger partial charge in [0.2, 0.25) is 0 Å². The van der Waals surface area contributed by atoms with Gasteiger partial charge in [-0.25, -0.2) is 9.97 Å². The molecule has 0 aliphatic rings. The van der Waals surface area contributed by atoms with Crippen molar-refractivity contribution in [3.63, 3.8) is 0 Å². The van der Waals surface area contributed by atoms with E-state index in [2.05, 4.69) is 282 Å². The molecule has 0 atom stereocenters. The molecule has 12 rings (SSSR count). The number of hydrogen-bond donors (Lipinski definition) is 2. The van der Waals surface area contributed by atoms with E-state index >= 15 is 0 Å². The Morgan fingerprint density at radius 2 is 0.701 bits per heavy atom. The third kappa shape index (κ3) is 16.1. The van der Waals surface area contributed by atoms with Crippen molar-refractivity contribution in [2.75, 3.05) is 0 Å². The minimum absolute atomic E-state index is 0. The van der Waals surface area contributed by atoms with E-state index in [4.69, 9.17) is 20.0 Å². The van der Waals surface area contributed by atoms with Gasteiger partial charge in [-0.2, -0.15) is 0 Å². The van der Waals surface area contributed by atoms with E-state index in [1.54, 1.807) is 28.9 Å². The SMILES string of the molecule is CC(C)(C)c1cc(C=Nc2ccccc2-c2nc3c(-c4[c-]cc(-c5ccccc5)cc4)cc(C(C)(C)C)cc3s2)c(O)c(C(C)(C)C)c1.CC(C)(C)c1cc(C=Nc2ccccc2-c2nc3c(-c4ccc(-c5ccccc5)cc4)cc(C(C)(C)C)cc3s2)c(O)c(C(C)(C)C)c1.[Pt]. The number of thiazole rings is 2. The number of aromatic nitrogens is 2. The van der Waals surface area contributed by atoms with Crippen molar-refractivity contribution in [3.8, 4) is 77.1 Å². The molecule has 0 fully saturated rings. The van der Waals surface area contributed by atoms with Crippen molar-refractivity contribution in [1.82, 2.24) is 9.97 Å². The predicted molar refractivity (Wildman–Crippen MR) is 414 cm³/mol. The molecule has 0 aliphatic carbocycles. The van der Waals surface area contributed by atoms with Crippen LogP contribution in [0.2, 0.25) is 0 Å². The minimum Gasteiger partial charge on any atom is -0.507 e. The summed E-state index contributed by atoms with van der Waals surface area (Å²) in [6.07, 6.45) is 3.61. The van der Waals surface area contributed by atoms with Gasteiger partial charge in [-0.1, -0.05) is 269 Å². The van der Waals surface area contributed by atoms with Crippen LogP contribution in [0.5, 0.6) is 11.5 Å². The van der Waals surface area contributed by atoms with Crippen LogP contribution in [-0.2, 0) is 53.6 Å². The van der Waals surface area contributed by atoms with Crippen molar-refractivity contribution in [1.29, 1.82) is 0 Å². The van der Waals surface area contributed by atoms with Gasteiger partial charge in [0.05, 0.1) is 21.6 Å². The normalized spacial score (nSPS) is 12.6. The summed E-state index contributed by atoms with van der Waals surface area (Å²) in [5.41, 5.74) is 22.2. The maximum absolute atomic E-state index is 11.4. The van der Waals surface area contributed by atoms with Gasteiger partial charge in [-0.3, -0.25) is 9.98 Å². The summed E-state index contributed by atoms with van der Waals surface area (Å²) < 4.78 is 2.29. The maximum atomic E-state index is 11.4. The molecule has 498 valence electrons. The molecule has 10 aromatic carbocycles. The largest absolute Gasteiger partial charge is 0.507 e. The van der Waals surface area contributed by atoms with E-state index in [0.29, 0.717) is 0 Å². The first-order valence-corrected chi connectivity index (χ1v) is 35.0. The number of phenols is 2. The average Bonchev–Trinajstić information content (AvgIpc) is 1.70. The Kier molecular flexibility index (Phi) is 20.5. The summed E-state index contributed by atoms with van der Waals surface area (Å²) in [6.45, 7) is 39.5. The number of phenolic OH excluding ortho intramolecular Hbond substituents is 2. The fourth-order valence-corrected chi connectivity index (χ4v) is 13.9. The number of nitrogens with zero attached hydrogens (tertiary/aromatic N) is 4. The summed E-state index contributed by atoms with van der Waals surface area (Å²) in [5, 5.41) is 24.6. The summed E-state index contributed by atoms with van der Waals surface area (Å²) in [4.78, 5) is 20.5. The molecule has 6 nitrogen and oxygen atoms in total. The molecule has 2 N–H and O–H groups in total. The van der Waals surface area contributed by atoms with Crippen LogP contribution in [0.3, 0.4) is 0 Å². The van der Waals surface area contributed by atoms with Gasteiger partial charge in [0.25, 0.3) is 0 Å². The zero-order chi connectivity index (χ0) is 68.9. The van der Waals surface area contributed by atoms with Crippen LogP contribution in [0.15, 0.2) is 210 Å². The van der Waals surface area contributed by atoms with Crippen LogP contribution in [0.1, 0.15) is 169 Å². The Labute approximate surface area is 598 Å². The molecule has 0 radical (unpaired) electrons. The number of fused-ring (bicyclic) bond motifs is 2. The first-order chi connectivity index (χ1) is 45.2. The van der Waals surface area contributed by atoms with Gasteiger partial charge in [0.15, 0.2) is 0 Å². The number of para-hydroxylation sites is 2. The molecule has 0 bridgehead atoms. The van der Waals surface area contributed by atoms with Gasteiger partial charge in [0, 0.05) is 82.7 Å². The Balaban J connectivity index is 0.000000208. The predicted octanol–water partition coefficient (Wildman–Crippen LogP) is 25.1. The Bertz CT molecular complexity index is 4550. The fraction of sp³-hybridized carbons (Fsp3) is 0.273. The van der Waals surface area contributed by atoms with Crippen LogP contribution in [0, 0.1) is 6.07 Å². The van der Waals surface area contributed by atoms with Crippen LogP contribution >= 0.6 is 22.7 Å².